The minimum absolute atomic E-state index is 0.0302. The van der Waals surface area contributed by atoms with Crippen LogP contribution < -0.4 is 4.90 Å². The molecule has 3 rings (SSSR count). The summed E-state index contributed by atoms with van der Waals surface area (Å²) in [5, 5.41) is 10.3. The maximum absolute atomic E-state index is 10.3. The number of hydrogen-bond donors (Lipinski definition) is 1. The number of piperidine rings is 1. The van der Waals surface area contributed by atoms with Crippen molar-refractivity contribution in [3.05, 3.63) is 17.1 Å². The number of aliphatic hydroxyl groups excluding tert-OH is 1. The minimum atomic E-state index is -0.207. The highest BCUT2D eigenvalue weighted by Crippen LogP contribution is 2.51. The van der Waals surface area contributed by atoms with Crippen molar-refractivity contribution in [3.63, 3.8) is 0 Å². The van der Waals surface area contributed by atoms with Gasteiger partial charge >= 0.3 is 0 Å². The fourth-order valence-corrected chi connectivity index (χ4v) is 4.01. The first-order valence-corrected chi connectivity index (χ1v) is 8.34. The quantitative estimate of drug-likeness (QED) is 0.927. The molecule has 1 saturated carbocycles. The van der Waals surface area contributed by atoms with Gasteiger partial charge < -0.3 is 14.7 Å². The summed E-state index contributed by atoms with van der Waals surface area (Å²) in [6.45, 7) is 10.7. The second kappa shape index (κ2) is 5.78. The van der Waals surface area contributed by atoms with Crippen molar-refractivity contribution in [2.45, 2.75) is 59.2 Å². The van der Waals surface area contributed by atoms with Gasteiger partial charge in [0.25, 0.3) is 0 Å². The van der Waals surface area contributed by atoms with Crippen molar-refractivity contribution >= 4 is 5.82 Å². The number of aryl methyl sites for hydroxylation is 2. The van der Waals surface area contributed by atoms with Crippen LogP contribution in [0.5, 0.6) is 0 Å². The van der Waals surface area contributed by atoms with E-state index in [2.05, 4.69) is 21.8 Å². The third-order valence-corrected chi connectivity index (χ3v) is 5.58. The van der Waals surface area contributed by atoms with Gasteiger partial charge in [-0.3, -0.25) is 0 Å². The van der Waals surface area contributed by atoms with E-state index in [1.165, 1.54) is 0 Å². The van der Waals surface area contributed by atoms with Gasteiger partial charge in [0.15, 0.2) is 0 Å². The number of hydrogen-bond acceptors (Lipinski definition) is 5. The summed E-state index contributed by atoms with van der Waals surface area (Å²) in [5.41, 5.74) is 2.19. The van der Waals surface area contributed by atoms with Crippen LogP contribution in [-0.2, 0) is 4.74 Å². The first-order chi connectivity index (χ1) is 10.5. The Morgan fingerprint density at radius 1 is 1.23 bits per heavy atom. The van der Waals surface area contributed by atoms with E-state index in [0.29, 0.717) is 0 Å². The molecular weight excluding hydrogens is 278 g/mol. The molecule has 22 heavy (non-hydrogen) atoms. The van der Waals surface area contributed by atoms with Crippen LogP contribution in [-0.4, -0.2) is 47.0 Å². The van der Waals surface area contributed by atoms with Gasteiger partial charge in [-0.1, -0.05) is 0 Å². The predicted molar refractivity (Wildman–Crippen MR) is 86.2 cm³/mol. The molecule has 1 aliphatic carbocycles. The van der Waals surface area contributed by atoms with Crippen molar-refractivity contribution < 1.29 is 9.84 Å². The molecule has 0 amide bonds. The van der Waals surface area contributed by atoms with Crippen LogP contribution in [0.2, 0.25) is 0 Å². The maximum Gasteiger partial charge on any atom is 0.135 e. The summed E-state index contributed by atoms with van der Waals surface area (Å²) in [5.74, 6) is 1.89. The zero-order valence-corrected chi connectivity index (χ0v) is 14.1. The van der Waals surface area contributed by atoms with Crippen LogP contribution >= 0.6 is 0 Å². The van der Waals surface area contributed by atoms with Crippen molar-refractivity contribution in [3.8, 4) is 0 Å². The number of aromatic nitrogens is 2. The lowest BCUT2D eigenvalue weighted by atomic mass is 9.58. The molecule has 0 unspecified atom stereocenters. The Labute approximate surface area is 132 Å². The van der Waals surface area contributed by atoms with E-state index in [1.807, 2.05) is 20.8 Å². The molecule has 1 aromatic rings. The fraction of sp³-hybridized carbons (Fsp3) is 0.765. The van der Waals surface area contributed by atoms with E-state index in [4.69, 9.17) is 4.74 Å². The van der Waals surface area contributed by atoms with E-state index < -0.39 is 0 Å². The van der Waals surface area contributed by atoms with Gasteiger partial charge in [-0.05, 0) is 40.5 Å². The predicted octanol–water partition coefficient (Wildman–Crippen LogP) is 2.16. The van der Waals surface area contributed by atoms with Gasteiger partial charge in [-0.15, -0.1) is 0 Å². The highest BCUT2D eigenvalue weighted by atomic mass is 16.5. The van der Waals surface area contributed by atoms with Gasteiger partial charge in [0.2, 0.25) is 0 Å². The zero-order chi connectivity index (χ0) is 15.9. The molecule has 5 heteroatoms. The topological polar surface area (TPSA) is 58.5 Å². The van der Waals surface area contributed by atoms with Crippen LogP contribution in [0.4, 0.5) is 5.82 Å². The summed E-state index contributed by atoms with van der Waals surface area (Å²) >= 11 is 0. The Morgan fingerprint density at radius 3 is 2.50 bits per heavy atom. The maximum atomic E-state index is 10.3. The zero-order valence-electron chi connectivity index (χ0n) is 14.1. The standard InChI is InChI=1S/C17H27N3O2/c1-5-22-15-10-14(21)17(15)6-8-20(9-7-17)16-11(2)12(3)18-13(4)19-16/h14-15,21H,5-10H2,1-4H3/t14-,15-/m1/s1. The molecule has 1 aliphatic heterocycles. The number of nitrogens with zero attached hydrogens (tertiary/aromatic N) is 3. The Balaban J connectivity index is 1.75. The molecule has 0 aromatic carbocycles. The van der Waals surface area contributed by atoms with Crippen molar-refractivity contribution in [1.82, 2.24) is 9.97 Å². The number of anilines is 1. The molecule has 1 N–H and O–H groups in total. The van der Waals surface area contributed by atoms with Crippen LogP contribution in [0.25, 0.3) is 0 Å². The molecule has 2 atom stereocenters. The molecule has 1 spiro atoms. The Morgan fingerprint density at radius 2 is 1.91 bits per heavy atom. The normalized spacial score (nSPS) is 27.0. The fourth-order valence-electron chi connectivity index (χ4n) is 4.01. The van der Waals surface area contributed by atoms with Gasteiger partial charge in [0, 0.05) is 42.8 Å². The third kappa shape index (κ3) is 2.40. The average Bonchev–Trinajstić information content (AvgIpc) is 2.51. The summed E-state index contributed by atoms with van der Waals surface area (Å²) < 4.78 is 5.84. The highest BCUT2D eigenvalue weighted by Gasteiger charge is 2.56. The van der Waals surface area contributed by atoms with Crippen LogP contribution in [0.3, 0.4) is 0 Å². The lowest BCUT2D eigenvalue weighted by Crippen LogP contribution is -2.62. The summed E-state index contributed by atoms with van der Waals surface area (Å²) in [4.78, 5) is 11.4. The van der Waals surface area contributed by atoms with E-state index in [1.54, 1.807) is 0 Å². The third-order valence-electron chi connectivity index (χ3n) is 5.58. The van der Waals surface area contributed by atoms with E-state index in [0.717, 1.165) is 61.9 Å². The molecule has 5 nitrogen and oxygen atoms in total. The van der Waals surface area contributed by atoms with E-state index in [9.17, 15) is 5.11 Å². The second-order valence-corrected chi connectivity index (χ2v) is 6.72. The van der Waals surface area contributed by atoms with Gasteiger partial charge in [-0.25, -0.2) is 9.97 Å². The highest BCUT2D eigenvalue weighted by molar-refractivity contribution is 5.48. The first kappa shape index (κ1) is 15.7. The first-order valence-electron chi connectivity index (χ1n) is 8.34. The smallest absolute Gasteiger partial charge is 0.135 e. The largest absolute Gasteiger partial charge is 0.392 e. The molecule has 1 aromatic heterocycles. The molecule has 2 heterocycles. The van der Waals surface area contributed by atoms with Gasteiger partial charge in [-0.2, -0.15) is 0 Å². The average molecular weight is 305 g/mol. The van der Waals surface area contributed by atoms with Crippen molar-refractivity contribution in [1.29, 1.82) is 0 Å². The SMILES string of the molecule is CCO[C@@H]1C[C@@H](O)C12CCN(c1nc(C)nc(C)c1C)CC2. The molecule has 0 bridgehead atoms. The number of ether oxygens (including phenoxy) is 1. The van der Waals surface area contributed by atoms with E-state index >= 15 is 0 Å². The Hall–Kier alpha value is -1.20. The van der Waals surface area contributed by atoms with Gasteiger partial charge in [0.05, 0.1) is 12.2 Å². The summed E-state index contributed by atoms with van der Waals surface area (Å²) in [7, 11) is 0. The lowest BCUT2D eigenvalue weighted by Gasteiger charge is -2.56. The summed E-state index contributed by atoms with van der Waals surface area (Å²) in [6.07, 6.45) is 2.75. The molecule has 122 valence electrons. The minimum Gasteiger partial charge on any atom is -0.392 e. The van der Waals surface area contributed by atoms with Crippen LogP contribution in [0, 0.1) is 26.2 Å². The molecule has 2 fully saturated rings. The molecular formula is C17H27N3O2. The van der Waals surface area contributed by atoms with Gasteiger partial charge in [0.1, 0.15) is 11.6 Å². The second-order valence-electron chi connectivity index (χ2n) is 6.72. The number of aliphatic hydroxyl groups is 1. The Kier molecular flexibility index (Phi) is 4.12. The molecule has 1 saturated heterocycles. The van der Waals surface area contributed by atoms with Crippen molar-refractivity contribution in [2.75, 3.05) is 24.6 Å². The monoisotopic (exact) mass is 305 g/mol. The van der Waals surface area contributed by atoms with Crippen molar-refractivity contribution in [2.24, 2.45) is 5.41 Å². The van der Waals surface area contributed by atoms with E-state index in [-0.39, 0.29) is 17.6 Å². The van der Waals surface area contributed by atoms with Crippen LogP contribution in [0.1, 0.15) is 43.3 Å². The summed E-state index contributed by atoms with van der Waals surface area (Å²) in [6, 6.07) is 0. The molecule has 0 radical (unpaired) electrons. The van der Waals surface area contributed by atoms with Crippen LogP contribution in [0.15, 0.2) is 0 Å². The molecule has 2 aliphatic rings. The number of rotatable bonds is 3. The lowest BCUT2D eigenvalue weighted by molar-refractivity contribution is -0.199. The Bertz CT molecular complexity index is 551.